The lowest BCUT2D eigenvalue weighted by Crippen LogP contribution is -2.50. The Labute approximate surface area is 123 Å². The number of nitrogens with two attached hydrogens (primary N) is 1. The SMILES string of the molecule is NC(=O)NCC1CCCCN1C(=O)c1ccccc1Cl. The highest BCUT2D eigenvalue weighted by Crippen LogP contribution is 2.23. The molecular formula is C14H18ClN3O2. The highest BCUT2D eigenvalue weighted by atomic mass is 35.5. The molecule has 0 aliphatic carbocycles. The van der Waals surface area contributed by atoms with E-state index in [2.05, 4.69) is 5.32 Å². The molecule has 108 valence electrons. The number of amides is 3. The van der Waals surface area contributed by atoms with Crippen LogP contribution in [0.1, 0.15) is 29.6 Å². The summed E-state index contributed by atoms with van der Waals surface area (Å²) in [5.41, 5.74) is 5.59. The Morgan fingerprint density at radius 1 is 1.35 bits per heavy atom. The fourth-order valence-corrected chi connectivity index (χ4v) is 2.70. The Hall–Kier alpha value is -1.75. The van der Waals surface area contributed by atoms with Gasteiger partial charge in [-0.15, -0.1) is 0 Å². The molecule has 0 spiro atoms. The van der Waals surface area contributed by atoms with Gasteiger partial charge < -0.3 is 16.0 Å². The molecule has 6 heteroatoms. The molecule has 0 radical (unpaired) electrons. The minimum atomic E-state index is -0.569. The number of urea groups is 1. The molecule has 20 heavy (non-hydrogen) atoms. The third-order valence-corrected chi connectivity index (χ3v) is 3.83. The van der Waals surface area contributed by atoms with Gasteiger partial charge in [0, 0.05) is 19.1 Å². The fourth-order valence-electron chi connectivity index (χ4n) is 2.49. The van der Waals surface area contributed by atoms with Crippen LogP contribution in [0.2, 0.25) is 5.02 Å². The Morgan fingerprint density at radius 3 is 2.80 bits per heavy atom. The molecule has 3 amide bonds. The van der Waals surface area contributed by atoms with Crippen LogP contribution in [0, 0.1) is 0 Å². The van der Waals surface area contributed by atoms with E-state index in [0.29, 0.717) is 23.7 Å². The molecule has 1 aliphatic rings. The first-order valence-corrected chi connectivity index (χ1v) is 7.06. The molecule has 1 saturated heterocycles. The van der Waals surface area contributed by atoms with Crippen molar-refractivity contribution in [1.82, 2.24) is 10.2 Å². The topological polar surface area (TPSA) is 75.4 Å². The van der Waals surface area contributed by atoms with Crippen LogP contribution in [0.5, 0.6) is 0 Å². The molecular weight excluding hydrogens is 278 g/mol. The van der Waals surface area contributed by atoms with Gasteiger partial charge in [-0.2, -0.15) is 0 Å². The van der Waals surface area contributed by atoms with E-state index in [1.165, 1.54) is 0 Å². The molecule has 3 N–H and O–H groups in total. The van der Waals surface area contributed by atoms with Crippen LogP contribution < -0.4 is 11.1 Å². The third kappa shape index (κ3) is 3.42. The van der Waals surface area contributed by atoms with E-state index in [1.807, 2.05) is 0 Å². The number of benzene rings is 1. The average molecular weight is 296 g/mol. The summed E-state index contributed by atoms with van der Waals surface area (Å²) in [6.45, 7) is 1.06. The van der Waals surface area contributed by atoms with Crippen molar-refractivity contribution in [2.24, 2.45) is 5.73 Å². The number of likely N-dealkylation sites (tertiary alicyclic amines) is 1. The number of halogens is 1. The summed E-state index contributed by atoms with van der Waals surface area (Å²) in [4.78, 5) is 25.2. The average Bonchev–Trinajstić information content (AvgIpc) is 2.45. The van der Waals surface area contributed by atoms with E-state index in [4.69, 9.17) is 17.3 Å². The van der Waals surface area contributed by atoms with Crippen LogP contribution >= 0.6 is 11.6 Å². The van der Waals surface area contributed by atoms with Crippen molar-refractivity contribution >= 4 is 23.5 Å². The van der Waals surface area contributed by atoms with Gasteiger partial charge in [-0.05, 0) is 31.4 Å². The number of nitrogens with one attached hydrogen (secondary N) is 1. The Kier molecular flexibility index (Phi) is 4.84. The van der Waals surface area contributed by atoms with Gasteiger partial charge >= 0.3 is 6.03 Å². The summed E-state index contributed by atoms with van der Waals surface area (Å²) < 4.78 is 0. The first-order chi connectivity index (χ1) is 9.59. The maximum atomic E-state index is 12.6. The van der Waals surface area contributed by atoms with E-state index in [1.54, 1.807) is 29.2 Å². The number of nitrogens with zero attached hydrogens (tertiary/aromatic N) is 1. The normalized spacial score (nSPS) is 18.6. The summed E-state index contributed by atoms with van der Waals surface area (Å²) in [6, 6.07) is 6.41. The maximum absolute atomic E-state index is 12.6. The highest BCUT2D eigenvalue weighted by molar-refractivity contribution is 6.33. The Balaban J connectivity index is 2.13. The number of primary amides is 1. The van der Waals surface area contributed by atoms with Crippen molar-refractivity contribution in [2.45, 2.75) is 25.3 Å². The van der Waals surface area contributed by atoms with Crippen molar-refractivity contribution in [3.05, 3.63) is 34.9 Å². The molecule has 0 bridgehead atoms. The third-order valence-electron chi connectivity index (χ3n) is 3.50. The fraction of sp³-hybridized carbons (Fsp3) is 0.429. The monoisotopic (exact) mass is 295 g/mol. The van der Waals surface area contributed by atoms with E-state index in [0.717, 1.165) is 19.3 Å². The zero-order chi connectivity index (χ0) is 14.5. The van der Waals surface area contributed by atoms with Gasteiger partial charge in [0.2, 0.25) is 0 Å². The first-order valence-electron chi connectivity index (χ1n) is 6.68. The van der Waals surface area contributed by atoms with E-state index in [9.17, 15) is 9.59 Å². The van der Waals surface area contributed by atoms with E-state index < -0.39 is 6.03 Å². The van der Waals surface area contributed by atoms with Gasteiger partial charge in [0.15, 0.2) is 0 Å². The second kappa shape index (κ2) is 6.61. The molecule has 1 atom stereocenters. The van der Waals surface area contributed by atoms with Crippen molar-refractivity contribution < 1.29 is 9.59 Å². The minimum Gasteiger partial charge on any atom is -0.352 e. The Morgan fingerprint density at radius 2 is 2.10 bits per heavy atom. The zero-order valence-corrected chi connectivity index (χ0v) is 11.9. The van der Waals surface area contributed by atoms with Crippen molar-refractivity contribution in [2.75, 3.05) is 13.1 Å². The van der Waals surface area contributed by atoms with Gasteiger partial charge in [0.05, 0.1) is 10.6 Å². The molecule has 1 aromatic rings. The van der Waals surface area contributed by atoms with E-state index in [-0.39, 0.29) is 11.9 Å². The number of rotatable bonds is 3. The van der Waals surface area contributed by atoms with Crippen LogP contribution in [0.4, 0.5) is 4.79 Å². The van der Waals surface area contributed by atoms with Crippen LogP contribution in [0.25, 0.3) is 0 Å². The maximum Gasteiger partial charge on any atom is 0.312 e. The van der Waals surface area contributed by atoms with Crippen molar-refractivity contribution in [3.63, 3.8) is 0 Å². The molecule has 2 rings (SSSR count). The molecule has 1 heterocycles. The first kappa shape index (κ1) is 14.7. The van der Waals surface area contributed by atoms with Gasteiger partial charge in [-0.25, -0.2) is 4.79 Å². The molecule has 0 aromatic heterocycles. The molecule has 1 unspecified atom stereocenters. The molecule has 5 nitrogen and oxygen atoms in total. The number of carbonyl (C=O) groups excluding carboxylic acids is 2. The van der Waals surface area contributed by atoms with Crippen molar-refractivity contribution in [3.8, 4) is 0 Å². The second-order valence-electron chi connectivity index (χ2n) is 4.87. The predicted octanol–water partition coefficient (Wildman–Crippen LogP) is 2.00. The van der Waals surface area contributed by atoms with Gasteiger partial charge in [-0.1, -0.05) is 23.7 Å². The van der Waals surface area contributed by atoms with Crippen molar-refractivity contribution in [1.29, 1.82) is 0 Å². The largest absolute Gasteiger partial charge is 0.352 e. The van der Waals surface area contributed by atoms with Gasteiger partial charge in [0.25, 0.3) is 5.91 Å². The second-order valence-corrected chi connectivity index (χ2v) is 5.28. The number of carbonyl (C=O) groups is 2. The lowest BCUT2D eigenvalue weighted by atomic mass is 10.0. The number of hydrogen-bond donors (Lipinski definition) is 2. The zero-order valence-electron chi connectivity index (χ0n) is 11.1. The quantitative estimate of drug-likeness (QED) is 0.895. The summed E-state index contributed by atoms with van der Waals surface area (Å²) in [5, 5.41) is 3.03. The standard InChI is InChI=1S/C14H18ClN3O2/c15-12-7-2-1-6-11(12)13(19)18-8-4-3-5-10(18)9-17-14(16)20/h1-2,6-7,10H,3-5,8-9H2,(H3,16,17,20). The van der Waals surface area contributed by atoms with E-state index >= 15 is 0 Å². The smallest absolute Gasteiger partial charge is 0.312 e. The summed E-state index contributed by atoms with van der Waals surface area (Å²) >= 11 is 6.08. The summed E-state index contributed by atoms with van der Waals surface area (Å²) in [7, 11) is 0. The lowest BCUT2D eigenvalue weighted by Gasteiger charge is -2.36. The van der Waals surface area contributed by atoms with Gasteiger partial charge in [-0.3, -0.25) is 4.79 Å². The van der Waals surface area contributed by atoms with Crippen LogP contribution in [0.15, 0.2) is 24.3 Å². The molecule has 1 fully saturated rings. The number of hydrogen-bond acceptors (Lipinski definition) is 2. The predicted molar refractivity (Wildman–Crippen MR) is 77.7 cm³/mol. The highest BCUT2D eigenvalue weighted by Gasteiger charge is 2.28. The van der Waals surface area contributed by atoms with Crippen LogP contribution in [0.3, 0.4) is 0 Å². The lowest BCUT2D eigenvalue weighted by molar-refractivity contribution is 0.0615. The minimum absolute atomic E-state index is 0.0278. The van der Waals surface area contributed by atoms with Crippen LogP contribution in [-0.4, -0.2) is 36.0 Å². The Bertz CT molecular complexity index is 507. The molecule has 0 saturated carbocycles. The van der Waals surface area contributed by atoms with Gasteiger partial charge in [0.1, 0.15) is 0 Å². The van der Waals surface area contributed by atoms with Crippen LogP contribution in [-0.2, 0) is 0 Å². The molecule has 1 aromatic carbocycles. The number of piperidine rings is 1. The molecule has 1 aliphatic heterocycles. The summed E-state index contributed by atoms with van der Waals surface area (Å²) in [5.74, 6) is -0.0911. The summed E-state index contributed by atoms with van der Waals surface area (Å²) in [6.07, 6.45) is 2.86.